The number of esters is 1. The number of aliphatic hydroxyl groups excluding tert-OH is 1. The fourth-order valence-corrected chi connectivity index (χ4v) is 0.439. The Labute approximate surface area is 60.8 Å². The van der Waals surface area contributed by atoms with E-state index in [0.717, 1.165) is 7.11 Å². The van der Waals surface area contributed by atoms with Crippen LogP contribution in [0.5, 0.6) is 0 Å². The Hall–Kier alpha value is -0.780. The number of hydrogen-bond acceptors (Lipinski definition) is 3. The molecule has 0 fully saturated rings. The van der Waals surface area contributed by atoms with Gasteiger partial charge in [-0.3, -0.25) is 0 Å². The van der Waals surface area contributed by atoms with E-state index in [1.54, 1.807) is 0 Å². The van der Waals surface area contributed by atoms with Crippen LogP contribution in [0.2, 0.25) is 0 Å². The average Bonchev–Trinajstić information content (AvgIpc) is 1.82. The lowest BCUT2D eigenvalue weighted by Gasteiger charge is -2.10. The van der Waals surface area contributed by atoms with Crippen LogP contribution in [-0.2, 0) is 9.53 Å². The Bertz CT molecular complexity index is 142. The van der Waals surface area contributed by atoms with Crippen molar-refractivity contribution >= 4 is 5.97 Å². The molecule has 0 aliphatic rings. The minimum Gasteiger partial charge on any atom is -0.467 e. The third kappa shape index (κ3) is 4.60. The zero-order valence-electron chi connectivity index (χ0n) is 5.68. The molecule has 66 valence electrons. The number of alkyl halides is 3. The molecule has 0 heterocycles. The molecule has 0 bridgehead atoms. The molecule has 0 saturated carbocycles. The second-order valence-corrected chi connectivity index (χ2v) is 1.86. The number of ether oxygens (including phenoxy) is 1. The Morgan fingerprint density at radius 1 is 1.64 bits per heavy atom. The maximum Gasteiger partial charge on any atom is 0.392 e. The Morgan fingerprint density at radius 3 is 2.36 bits per heavy atom. The topological polar surface area (TPSA) is 46.5 Å². The predicted octanol–water partition coefficient (Wildman–Crippen LogP) is 0.473. The third-order valence-corrected chi connectivity index (χ3v) is 0.898. The number of aliphatic hydroxyl groups is 1. The Morgan fingerprint density at radius 2 is 2.09 bits per heavy atom. The highest BCUT2D eigenvalue weighted by Crippen LogP contribution is 2.21. The predicted molar refractivity (Wildman–Crippen MR) is 28.7 cm³/mol. The molecule has 3 nitrogen and oxygen atoms in total. The van der Waals surface area contributed by atoms with E-state index in [4.69, 9.17) is 5.11 Å². The first-order chi connectivity index (χ1) is 4.87. The summed E-state index contributed by atoms with van der Waals surface area (Å²) in [6.07, 6.45) is -8.23. The fraction of sp³-hybridized carbons (Fsp3) is 0.800. The summed E-state index contributed by atoms with van der Waals surface area (Å²) in [5.74, 6) is -1.28. The van der Waals surface area contributed by atoms with E-state index in [1.807, 2.05) is 0 Å². The first-order valence-electron chi connectivity index (χ1n) is 2.69. The number of halogens is 3. The van der Waals surface area contributed by atoms with Crippen LogP contribution in [0.4, 0.5) is 13.2 Å². The lowest BCUT2D eigenvalue weighted by Crippen LogP contribution is -2.28. The summed E-state index contributed by atoms with van der Waals surface area (Å²) in [5, 5.41) is 8.46. The van der Waals surface area contributed by atoms with E-state index in [0.29, 0.717) is 0 Å². The second-order valence-electron chi connectivity index (χ2n) is 1.86. The molecule has 6 heteroatoms. The highest BCUT2D eigenvalue weighted by atomic mass is 19.4. The first-order valence-corrected chi connectivity index (χ1v) is 2.69. The molecule has 0 aliphatic carbocycles. The van der Waals surface area contributed by atoms with Crippen molar-refractivity contribution in [1.82, 2.24) is 0 Å². The molecule has 0 spiro atoms. The first kappa shape index (κ1) is 10.2. The monoisotopic (exact) mass is 172 g/mol. The van der Waals surface area contributed by atoms with Crippen LogP contribution in [0.1, 0.15) is 6.42 Å². The van der Waals surface area contributed by atoms with E-state index >= 15 is 0 Å². The van der Waals surface area contributed by atoms with E-state index in [9.17, 15) is 18.0 Å². The van der Waals surface area contributed by atoms with Crippen molar-refractivity contribution in [2.45, 2.75) is 18.7 Å². The second kappa shape index (κ2) is 3.56. The van der Waals surface area contributed by atoms with Gasteiger partial charge in [-0.25, -0.2) is 4.79 Å². The lowest BCUT2D eigenvalue weighted by atomic mass is 10.2. The number of methoxy groups -OCH3 is 1. The highest BCUT2D eigenvalue weighted by molar-refractivity contribution is 5.74. The van der Waals surface area contributed by atoms with E-state index in [2.05, 4.69) is 4.74 Å². The van der Waals surface area contributed by atoms with Gasteiger partial charge in [0.2, 0.25) is 0 Å². The normalized spacial score (nSPS) is 14.3. The molecule has 1 atom stereocenters. The van der Waals surface area contributed by atoms with E-state index in [1.165, 1.54) is 0 Å². The summed E-state index contributed by atoms with van der Waals surface area (Å²) in [4.78, 5) is 10.2. The van der Waals surface area contributed by atoms with Gasteiger partial charge in [0.05, 0.1) is 13.5 Å². The average molecular weight is 172 g/mol. The van der Waals surface area contributed by atoms with Crippen molar-refractivity contribution in [3.8, 4) is 0 Å². The standard InChI is InChI=1S/C5H7F3O3/c1-11-4(10)3(9)2-5(6,7)8/h3,9H,2H2,1H3/t3-/m0/s1. The molecule has 0 rings (SSSR count). The van der Waals surface area contributed by atoms with Crippen LogP contribution in [0.3, 0.4) is 0 Å². The molecule has 1 N–H and O–H groups in total. The number of carbonyl (C=O) groups excluding carboxylic acids is 1. The van der Waals surface area contributed by atoms with Crippen molar-refractivity contribution in [2.24, 2.45) is 0 Å². The van der Waals surface area contributed by atoms with Crippen LogP contribution >= 0.6 is 0 Å². The van der Waals surface area contributed by atoms with Gasteiger partial charge in [-0.1, -0.05) is 0 Å². The zero-order chi connectivity index (χ0) is 9.07. The minimum atomic E-state index is -4.55. The van der Waals surface area contributed by atoms with Gasteiger partial charge in [0, 0.05) is 0 Å². The maximum absolute atomic E-state index is 11.4. The van der Waals surface area contributed by atoms with Crippen LogP contribution in [-0.4, -0.2) is 30.5 Å². The van der Waals surface area contributed by atoms with Gasteiger partial charge < -0.3 is 9.84 Å². The summed E-state index contributed by atoms with van der Waals surface area (Å²) >= 11 is 0. The van der Waals surface area contributed by atoms with Crippen molar-refractivity contribution in [3.63, 3.8) is 0 Å². The molecule has 0 aromatic heterocycles. The van der Waals surface area contributed by atoms with Crippen LogP contribution in [0.15, 0.2) is 0 Å². The summed E-state index contributed by atoms with van der Waals surface area (Å²) in [5.41, 5.74) is 0. The SMILES string of the molecule is COC(=O)[C@@H](O)CC(F)(F)F. The third-order valence-electron chi connectivity index (χ3n) is 0.898. The van der Waals surface area contributed by atoms with Crippen LogP contribution in [0, 0.1) is 0 Å². The van der Waals surface area contributed by atoms with Crippen LogP contribution in [0.25, 0.3) is 0 Å². The highest BCUT2D eigenvalue weighted by Gasteiger charge is 2.34. The molecular weight excluding hydrogens is 165 g/mol. The van der Waals surface area contributed by atoms with Gasteiger partial charge in [0.1, 0.15) is 0 Å². The van der Waals surface area contributed by atoms with Gasteiger partial charge in [-0.05, 0) is 0 Å². The summed E-state index contributed by atoms with van der Waals surface area (Å²) in [7, 11) is 0.905. The molecule has 0 aromatic carbocycles. The van der Waals surface area contributed by atoms with Crippen molar-refractivity contribution in [2.75, 3.05) is 7.11 Å². The van der Waals surface area contributed by atoms with E-state index < -0.39 is 24.7 Å². The van der Waals surface area contributed by atoms with E-state index in [-0.39, 0.29) is 0 Å². The van der Waals surface area contributed by atoms with Gasteiger partial charge >= 0.3 is 12.1 Å². The number of rotatable bonds is 2. The van der Waals surface area contributed by atoms with Gasteiger partial charge in [-0.15, -0.1) is 0 Å². The smallest absolute Gasteiger partial charge is 0.392 e. The molecule has 0 aromatic rings. The zero-order valence-corrected chi connectivity index (χ0v) is 5.68. The molecule has 0 amide bonds. The lowest BCUT2D eigenvalue weighted by molar-refractivity contribution is -0.174. The summed E-state index contributed by atoms with van der Waals surface area (Å²) in [6.45, 7) is 0. The molecule has 0 saturated heterocycles. The largest absolute Gasteiger partial charge is 0.467 e. The molecular formula is C5H7F3O3. The Kier molecular flexibility index (Phi) is 3.31. The van der Waals surface area contributed by atoms with Crippen molar-refractivity contribution in [3.05, 3.63) is 0 Å². The molecule has 0 radical (unpaired) electrons. The summed E-state index contributed by atoms with van der Waals surface area (Å²) in [6, 6.07) is 0. The summed E-state index contributed by atoms with van der Waals surface area (Å²) < 4.78 is 38.2. The minimum absolute atomic E-state index is 0.905. The maximum atomic E-state index is 11.4. The van der Waals surface area contributed by atoms with Gasteiger partial charge in [0.15, 0.2) is 6.10 Å². The number of carbonyl (C=O) groups is 1. The fourth-order valence-electron chi connectivity index (χ4n) is 0.439. The number of hydrogen-bond donors (Lipinski definition) is 1. The van der Waals surface area contributed by atoms with Crippen molar-refractivity contribution in [1.29, 1.82) is 0 Å². The van der Waals surface area contributed by atoms with Gasteiger partial charge in [-0.2, -0.15) is 13.2 Å². The quantitative estimate of drug-likeness (QED) is 0.616. The molecule has 0 aliphatic heterocycles. The molecule has 11 heavy (non-hydrogen) atoms. The van der Waals surface area contributed by atoms with Crippen molar-refractivity contribution < 1.29 is 27.8 Å². The molecule has 0 unspecified atom stereocenters. The Balaban J connectivity index is 3.87. The van der Waals surface area contributed by atoms with Crippen LogP contribution < -0.4 is 0 Å². The van der Waals surface area contributed by atoms with Gasteiger partial charge in [0.25, 0.3) is 0 Å².